The third-order valence-corrected chi connectivity index (χ3v) is 5.28. The molecule has 2 rings (SSSR count). The third kappa shape index (κ3) is 3.45. The van der Waals surface area contributed by atoms with Gasteiger partial charge in [0.25, 0.3) is 0 Å². The molecular weight excluding hydrogens is 248 g/mol. The van der Waals surface area contributed by atoms with Crippen LogP contribution in [0.1, 0.15) is 26.7 Å². The first kappa shape index (κ1) is 14.3. The normalized spacial score (nSPS) is 30.9. The second-order valence-corrected chi connectivity index (χ2v) is 8.49. The van der Waals surface area contributed by atoms with Crippen molar-refractivity contribution in [2.45, 2.75) is 38.8 Å². The Hall–Kier alpha value is -0.130. The second-order valence-electron chi connectivity index (χ2n) is 6.23. The molecule has 0 radical (unpaired) electrons. The lowest BCUT2D eigenvalue weighted by Crippen LogP contribution is -2.58. The van der Waals surface area contributed by atoms with Gasteiger partial charge in [0.1, 0.15) is 9.84 Å². The molecule has 0 aromatic carbocycles. The average molecular weight is 274 g/mol. The topological polar surface area (TPSA) is 40.6 Å². The SMILES string of the molecule is CC(C)C1CN2CCCC2CN1CCS(C)(=O)=O. The second kappa shape index (κ2) is 5.47. The molecule has 0 bridgehead atoms. The van der Waals surface area contributed by atoms with Gasteiger partial charge in [-0.1, -0.05) is 13.8 Å². The Balaban J connectivity index is 2.00. The molecule has 2 saturated heterocycles. The van der Waals surface area contributed by atoms with Crippen molar-refractivity contribution in [3.8, 4) is 0 Å². The molecule has 0 spiro atoms. The summed E-state index contributed by atoms with van der Waals surface area (Å²) in [5.41, 5.74) is 0. The predicted molar refractivity (Wildman–Crippen MR) is 74.5 cm³/mol. The van der Waals surface area contributed by atoms with Gasteiger partial charge >= 0.3 is 0 Å². The molecule has 2 unspecified atom stereocenters. The van der Waals surface area contributed by atoms with Crippen molar-refractivity contribution in [2.24, 2.45) is 5.92 Å². The van der Waals surface area contributed by atoms with Crippen LogP contribution in [0.3, 0.4) is 0 Å². The standard InChI is InChI=1S/C13H26N2O2S/c1-11(2)13-10-14-6-4-5-12(14)9-15(13)7-8-18(3,16)17/h11-13H,4-10H2,1-3H3. The van der Waals surface area contributed by atoms with Gasteiger partial charge in [-0.05, 0) is 25.3 Å². The molecule has 0 aliphatic carbocycles. The molecule has 5 heteroatoms. The molecule has 0 aromatic heterocycles. The first-order chi connectivity index (χ1) is 8.37. The van der Waals surface area contributed by atoms with Crippen molar-refractivity contribution < 1.29 is 8.42 Å². The molecule has 0 saturated carbocycles. The molecule has 106 valence electrons. The molecule has 2 heterocycles. The summed E-state index contributed by atoms with van der Waals surface area (Å²) >= 11 is 0. The molecular formula is C13H26N2O2S. The average Bonchev–Trinajstić information content (AvgIpc) is 2.70. The van der Waals surface area contributed by atoms with Gasteiger partial charge in [-0.25, -0.2) is 8.42 Å². The fraction of sp³-hybridized carbons (Fsp3) is 1.00. The fourth-order valence-electron chi connectivity index (χ4n) is 3.28. The van der Waals surface area contributed by atoms with Crippen LogP contribution in [0.4, 0.5) is 0 Å². The van der Waals surface area contributed by atoms with Crippen molar-refractivity contribution in [1.29, 1.82) is 0 Å². The number of sulfone groups is 1. The number of hydrogen-bond donors (Lipinski definition) is 0. The lowest BCUT2D eigenvalue weighted by atomic mass is 9.97. The summed E-state index contributed by atoms with van der Waals surface area (Å²) in [7, 11) is -2.85. The van der Waals surface area contributed by atoms with Gasteiger partial charge in [0.2, 0.25) is 0 Å². The van der Waals surface area contributed by atoms with E-state index in [1.54, 1.807) is 0 Å². The third-order valence-electron chi connectivity index (χ3n) is 4.35. The highest BCUT2D eigenvalue weighted by Gasteiger charge is 2.37. The van der Waals surface area contributed by atoms with E-state index in [2.05, 4.69) is 23.6 Å². The van der Waals surface area contributed by atoms with Crippen LogP contribution in [0.25, 0.3) is 0 Å². The zero-order chi connectivity index (χ0) is 13.3. The predicted octanol–water partition coefficient (Wildman–Crippen LogP) is 0.836. The molecule has 2 fully saturated rings. The fourth-order valence-corrected chi connectivity index (χ4v) is 3.84. The minimum atomic E-state index is -2.85. The zero-order valence-corrected chi connectivity index (χ0v) is 12.6. The summed E-state index contributed by atoms with van der Waals surface area (Å²) in [4.78, 5) is 5.01. The van der Waals surface area contributed by atoms with Crippen LogP contribution >= 0.6 is 0 Å². The van der Waals surface area contributed by atoms with Crippen LogP contribution in [-0.2, 0) is 9.84 Å². The maximum Gasteiger partial charge on any atom is 0.148 e. The molecule has 0 amide bonds. The van der Waals surface area contributed by atoms with E-state index >= 15 is 0 Å². The lowest BCUT2D eigenvalue weighted by Gasteiger charge is -2.45. The van der Waals surface area contributed by atoms with E-state index < -0.39 is 9.84 Å². The first-order valence-electron chi connectivity index (χ1n) is 7.02. The molecule has 0 N–H and O–H groups in total. The maximum atomic E-state index is 11.3. The number of nitrogens with zero attached hydrogens (tertiary/aromatic N) is 2. The summed E-state index contributed by atoms with van der Waals surface area (Å²) < 4.78 is 22.7. The van der Waals surface area contributed by atoms with Crippen LogP contribution in [-0.4, -0.2) is 68.5 Å². The quantitative estimate of drug-likeness (QED) is 0.761. The Bertz CT molecular complexity index is 380. The van der Waals surface area contributed by atoms with E-state index in [9.17, 15) is 8.42 Å². The Morgan fingerprint density at radius 1 is 1.28 bits per heavy atom. The summed E-state index contributed by atoms with van der Waals surface area (Å²) in [6.45, 7) is 8.59. The van der Waals surface area contributed by atoms with Crippen LogP contribution in [0.15, 0.2) is 0 Å². The van der Waals surface area contributed by atoms with Gasteiger partial charge in [0.15, 0.2) is 0 Å². The molecule has 0 aromatic rings. The van der Waals surface area contributed by atoms with Crippen LogP contribution in [0.2, 0.25) is 0 Å². The minimum Gasteiger partial charge on any atom is -0.298 e. The number of rotatable bonds is 4. The van der Waals surface area contributed by atoms with Crippen molar-refractivity contribution in [3.63, 3.8) is 0 Å². The van der Waals surface area contributed by atoms with Gasteiger partial charge in [0, 0.05) is 38.0 Å². The molecule has 18 heavy (non-hydrogen) atoms. The Morgan fingerprint density at radius 3 is 2.61 bits per heavy atom. The van der Waals surface area contributed by atoms with Gasteiger partial charge in [-0.3, -0.25) is 9.80 Å². The summed E-state index contributed by atoms with van der Waals surface area (Å²) in [6.07, 6.45) is 3.92. The Morgan fingerprint density at radius 2 is 2.00 bits per heavy atom. The highest BCUT2D eigenvalue weighted by Crippen LogP contribution is 2.27. The largest absolute Gasteiger partial charge is 0.298 e. The molecule has 2 atom stereocenters. The van der Waals surface area contributed by atoms with E-state index in [0.29, 0.717) is 30.3 Å². The van der Waals surface area contributed by atoms with Crippen molar-refractivity contribution >= 4 is 9.84 Å². The summed E-state index contributed by atoms with van der Waals surface area (Å²) in [5.74, 6) is 0.884. The van der Waals surface area contributed by atoms with Crippen LogP contribution < -0.4 is 0 Å². The van der Waals surface area contributed by atoms with Gasteiger partial charge in [-0.15, -0.1) is 0 Å². The maximum absolute atomic E-state index is 11.3. The van der Waals surface area contributed by atoms with E-state index in [1.807, 2.05) is 0 Å². The number of piperazine rings is 1. The highest BCUT2D eigenvalue weighted by atomic mass is 32.2. The first-order valence-corrected chi connectivity index (χ1v) is 9.08. The van der Waals surface area contributed by atoms with E-state index in [-0.39, 0.29) is 0 Å². The Labute approximate surface area is 111 Å². The van der Waals surface area contributed by atoms with Crippen molar-refractivity contribution in [2.75, 3.05) is 38.2 Å². The van der Waals surface area contributed by atoms with Crippen molar-refractivity contribution in [1.82, 2.24) is 9.80 Å². The molecule has 4 nitrogen and oxygen atoms in total. The number of hydrogen-bond acceptors (Lipinski definition) is 4. The van der Waals surface area contributed by atoms with Gasteiger partial charge in [-0.2, -0.15) is 0 Å². The highest BCUT2D eigenvalue weighted by molar-refractivity contribution is 7.90. The van der Waals surface area contributed by atoms with Crippen molar-refractivity contribution in [3.05, 3.63) is 0 Å². The molecule has 2 aliphatic rings. The van der Waals surface area contributed by atoms with Gasteiger partial charge < -0.3 is 0 Å². The smallest absolute Gasteiger partial charge is 0.148 e. The lowest BCUT2D eigenvalue weighted by molar-refractivity contribution is 0.0337. The van der Waals surface area contributed by atoms with E-state index in [4.69, 9.17) is 0 Å². The number of fused-ring (bicyclic) bond motifs is 1. The zero-order valence-electron chi connectivity index (χ0n) is 11.8. The summed E-state index contributed by atoms with van der Waals surface area (Å²) in [6, 6.07) is 1.18. The Kier molecular flexibility index (Phi) is 4.34. The van der Waals surface area contributed by atoms with Crippen LogP contribution in [0.5, 0.6) is 0 Å². The van der Waals surface area contributed by atoms with E-state index in [0.717, 1.165) is 13.1 Å². The minimum absolute atomic E-state index is 0.295. The summed E-state index contributed by atoms with van der Waals surface area (Å²) in [5, 5.41) is 0. The van der Waals surface area contributed by atoms with Crippen LogP contribution in [0, 0.1) is 5.92 Å². The van der Waals surface area contributed by atoms with E-state index in [1.165, 1.54) is 25.6 Å². The van der Waals surface area contributed by atoms with Gasteiger partial charge in [0.05, 0.1) is 5.75 Å². The molecule has 2 aliphatic heterocycles. The monoisotopic (exact) mass is 274 g/mol.